The third-order valence-electron chi connectivity index (χ3n) is 4.94. The molecule has 0 unspecified atom stereocenters. The molecule has 26 heavy (non-hydrogen) atoms. The average molecular weight is 344 g/mol. The molecule has 0 aliphatic rings. The van der Waals surface area contributed by atoms with Gasteiger partial charge in [-0.2, -0.15) is 0 Å². The van der Waals surface area contributed by atoms with E-state index in [9.17, 15) is 0 Å². The van der Waals surface area contributed by atoms with Crippen LogP contribution in [0.1, 0.15) is 35.1 Å². The Morgan fingerprint density at radius 2 is 1.15 bits per heavy atom. The fourth-order valence-corrected chi connectivity index (χ4v) is 3.56. The Morgan fingerprint density at radius 1 is 0.577 bits per heavy atom. The van der Waals surface area contributed by atoms with Crippen molar-refractivity contribution in [3.8, 4) is 5.75 Å². The Balaban J connectivity index is 1.61. The Kier molecular flexibility index (Phi) is 6.89. The molecule has 0 aliphatic carbocycles. The maximum atomic E-state index is 5.65. The van der Waals surface area contributed by atoms with Crippen LogP contribution in [0.25, 0.3) is 0 Å². The first-order valence-electron chi connectivity index (χ1n) is 9.59. The molecule has 0 bridgehead atoms. The van der Waals surface area contributed by atoms with Crippen molar-refractivity contribution in [2.75, 3.05) is 7.11 Å². The fraction of sp³-hybridized carbons (Fsp3) is 0.280. The monoisotopic (exact) mass is 344 g/mol. The number of methoxy groups -OCH3 is 1. The van der Waals surface area contributed by atoms with E-state index in [1.54, 1.807) is 7.11 Å². The van der Waals surface area contributed by atoms with Crippen LogP contribution in [0.2, 0.25) is 0 Å². The molecule has 0 atom stereocenters. The fourth-order valence-electron chi connectivity index (χ4n) is 3.56. The van der Waals surface area contributed by atoms with Crippen molar-refractivity contribution < 1.29 is 4.74 Å². The van der Waals surface area contributed by atoms with Gasteiger partial charge in [-0.25, -0.2) is 0 Å². The van der Waals surface area contributed by atoms with Crippen molar-refractivity contribution in [1.29, 1.82) is 0 Å². The molecular formula is C25H28O. The summed E-state index contributed by atoms with van der Waals surface area (Å²) in [5.74, 6) is 1.04. The molecule has 0 saturated carbocycles. The van der Waals surface area contributed by atoms with Gasteiger partial charge in [-0.15, -0.1) is 0 Å². The molecule has 0 aromatic heterocycles. The maximum Gasteiger partial charge on any atom is 0.122 e. The Bertz CT molecular complexity index is 778. The molecule has 0 saturated heterocycles. The van der Waals surface area contributed by atoms with E-state index in [0.717, 1.165) is 37.9 Å². The van der Waals surface area contributed by atoms with Crippen molar-refractivity contribution in [2.45, 2.75) is 38.5 Å². The highest BCUT2D eigenvalue weighted by Crippen LogP contribution is 2.26. The van der Waals surface area contributed by atoms with Crippen molar-refractivity contribution in [3.63, 3.8) is 0 Å². The molecule has 3 aromatic carbocycles. The second-order valence-electron chi connectivity index (χ2n) is 6.78. The predicted octanol–water partition coefficient (Wildman–Crippen LogP) is 6.05. The van der Waals surface area contributed by atoms with Crippen LogP contribution in [-0.4, -0.2) is 7.11 Å². The minimum atomic E-state index is 1.04. The van der Waals surface area contributed by atoms with Crippen LogP contribution >= 0.6 is 0 Å². The third-order valence-corrected chi connectivity index (χ3v) is 4.94. The van der Waals surface area contributed by atoms with Gasteiger partial charge in [0.25, 0.3) is 0 Å². The van der Waals surface area contributed by atoms with Gasteiger partial charge in [0.15, 0.2) is 0 Å². The molecule has 134 valence electrons. The zero-order valence-corrected chi connectivity index (χ0v) is 15.7. The molecular weight excluding hydrogens is 316 g/mol. The number of hydrogen-bond donors (Lipinski definition) is 0. The minimum absolute atomic E-state index is 1.04. The summed E-state index contributed by atoms with van der Waals surface area (Å²) in [6.45, 7) is 0. The van der Waals surface area contributed by atoms with Crippen LogP contribution in [0.4, 0.5) is 0 Å². The summed E-state index contributed by atoms with van der Waals surface area (Å²) >= 11 is 0. The van der Waals surface area contributed by atoms with Gasteiger partial charge in [0.2, 0.25) is 0 Å². The summed E-state index contributed by atoms with van der Waals surface area (Å²) in [6.07, 6.45) is 6.73. The molecule has 0 aliphatic heterocycles. The van der Waals surface area contributed by atoms with Gasteiger partial charge in [-0.1, -0.05) is 72.8 Å². The van der Waals surface area contributed by atoms with E-state index in [0.29, 0.717) is 0 Å². The number of aryl methyl sites for hydroxylation is 3. The molecule has 0 spiro atoms. The standard InChI is InChI=1S/C25H28O/c1-26-25-20-10-18-23(17-8-15-21-11-4-2-5-12-21)24(25)19-9-16-22-13-6-3-7-14-22/h2-7,10-14,18,20H,8-9,15-17,19H2,1H3. The summed E-state index contributed by atoms with van der Waals surface area (Å²) in [7, 11) is 1.78. The first kappa shape index (κ1) is 18.3. The first-order valence-corrected chi connectivity index (χ1v) is 9.59. The number of benzene rings is 3. The van der Waals surface area contributed by atoms with Gasteiger partial charge in [-0.05, 0) is 66.8 Å². The molecule has 3 aromatic rings. The Hall–Kier alpha value is -2.54. The lowest BCUT2D eigenvalue weighted by Crippen LogP contribution is -2.01. The zero-order valence-electron chi connectivity index (χ0n) is 15.7. The van der Waals surface area contributed by atoms with Crippen molar-refractivity contribution in [1.82, 2.24) is 0 Å². The van der Waals surface area contributed by atoms with Gasteiger partial charge in [0, 0.05) is 0 Å². The van der Waals surface area contributed by atoms with E-state index < -0.39 is 0 Å². The smallest absolute Gasteiger partial charge is 0.122 e. The van der Waals surface area contributed by atoms with E-state index in [1.165, 1.54) is 28.7 Å². The highest BCUT2D eigenvalue weighted by atomic mass is 16.5. The van der Waals surface area contributed by atoms with Crippen molar-refractivity contribution >= 4 is 0 Å². The van der Waals surface area contributed by atoms with Crippen LogP contribution in [0.15, 0.2) is 78.9 Å². The van der Waals surface area contributed by atoms with E-state index in [2.05, 4.69) is 78.9 Å². The molecule has 0 radical (unpaired) electrons. The lowest BCUT2D eigenvalue weighted by atomic mass is 9.95. The summed E-state index contributed by atoms with van der Waals surface area (Å²) in [4.78, 5) is 0. The second kappa shape index (κ2) is 9.82. The first-order chi connectivity index (χ1) is 12.9. The van der Waals surface area contributed by atoms with E-state index in [1.807, 2.05) is 0 Å². The molecule has 0 heterocycles. The molecule has 0 amide bonds. The maximum absolute atomic E-state index is 5.65. The number of rotatable bonds is 9. The van der Waals surface area contributed by atoms with Crippen LogP contribution in [0, 0.1) is 0 Å². The van der Waals surface area contributed by atoms with Crippen molar-refractivity contribution in [2.24, 2.45) is 0 Å². The molecule has 0 N–H and O–H groups in total. The van der Waals surface area contributed by atoms with Gasteiger partial charge < -0.3 is 4.74 Å². The third kappa shape index (κ3) is 5.23. The van der Waals surface area contributed by atoms with Crippen LogP contribution in [0.3, 0.4) is 0 Å². The van der Waals surface area contributed by atoms with Gasteiger partial charge in [0.05, 0.1) is 7.11 Å². The number of ether oxygens (including phenoxy) is 1. The lowest BCUT2D eigenvalue weighted by Gasteiger charge is -2.14. The average Bonchev–Trinajstić information content (AvgIpc) is 2.70. The number of hydrogen-bond acceptors (Lipinski definition) is 1. The van der Waals surface area contributed by atoms with E-state index >= 15 is 0 Å². The van der Waals surface area contributed by atoms with Crippen LogP contribution in [0.5, 0.6) is 5.75 Å². The molecule has 0 fully saturated rings. The minimum Gasteiger partial charge on any atom is -0.496 e. The van der Waals surface area contributed by atoms with E-state index in [4.69, 9.17) is 4.74 Å². The van der Waals surface area contributed by atoms with Gasteiger partial charge >= 0.3 is 0 Å². The van der Waals surface area contributed by atoms with E-state index in [-0.39, 0.29) is 0 Å². The van der Waals surface area contributed by atoms with Gasteiger partial charge in [-0.3, -0.25) is 0 Å². The predicted molar refractivity (Wildman–Crippen MR) is 110 cm³/mol. The van der Waals surface area contributed by atoms with Crippen molar-refractivity contribution in [3.05, 3.63) is 101 Å². The van der Waals surface area contributed by atoms with Crippen LogP contribution < -0.4 is 4.74 Å². The summed E-state index contributed by atoms with van der Waals surface area (Å²) in [6, 6.07) is 28.0. The highest BCUT2D eigenvalue weighted by molar-refractivity contribution is 5.40. The Morgan fingerprint density at radius 3 is 1.73 bits per heavy atom. The lowest BCUT2D eigenvalue weighted by molar-refractivity contribution is 0.408. The van der Waals surface area contributed by atoms with Gasteiger partial charge in [0.1, 0.15) is 5.75 Å². The largest absolute Gasteiger partial charge is 0.496 e. The summed E-state index contributed by atoms with van der Waals surface area (Å²) < 4.78 is 5.65. The summed E-state index contributed by atoms with van der Waals surface area (Å²) in [5, 5.41) is 0. The molecule has 1 nitrogen and oxygen atoms in total. The summed E-state index contributed by atoms with van der Waals surface area (Å²) in [5.41, 5.74) is 5.65. The molecule has 1 heteroatoms. The highest BCUT2D eigenvalue weighted by Gasteiger charge is 2.09. The van der Waals surface area contributed by atoms with Crippen LogP contribution in [-0.2, 0) is 25.7 Å². The second-order valence-corrected chi connectivity index (χ2v) is 6.78. The normalized spacial score (nSPS) is 10.7. The quantitative estimate of drug-likeness (QED) is 0.459. The topological polar surface area (TPSA) is 9.23 Å². The SMILES string of the molecule is COc1cccc(CCCc2ccccc2)c1CCCc1ccccc1. The Labute approximate surface area is 157 Å². The molecule has 3 rings (SSSR count). The zero-order chi connectivity index (χ0) is 18.0.